The van der Waals surface area contributed by atoms with E-state index < -0.39 is 10.0 Å². The van der Waals surface area contributed by atoms with Gasteiger partial charge in [-0.2, -0.15) is 0 Å². The minimum atomic E-state index is -3.66. The number of sulfonamides is 1. The standard InChI is InChI=1S/C13H17Cl2NO3S/c14-11-2-1-3-12(13(11)15)20(18,19)16-8-9-4-6-10(17)7-5-9/h1-3,9-10,16-17H,4-8H2. The van der Waals surface area contributed by atoms with Gasteiger partial charge in [-0.1, -0.05) is 29.3 Å². The van der Waals surface area contributed by atoms with E-state index in [1.807, 2.05) is 0 Å². The second-order valence-electron chi connectivity index (χ2n) is 5.08. The topological polar surface area (TPSA) is 66.4 Å². The lowest BCUT2D eigenvalue weighted by atomic mass is 9.88. The van der Waals surface area contributed by atoms with Crippen molar-refractivity contribution in [3.05, 3.63) is 28.2 Å². The average molecular weight is 338 g/mol. The SMILES string of the molecule is O=S(=O)(NCC1CCC(O)CC1)c1cccc(Cl)c1Cl. The Morgan fingerprint density at radius 3 is 2.50 bits per heavy atom. The van der Waals surface area contributed by atoms with Gasteiger partial charge in [0.1, 0.15) is 4.90 Å². The first-order valence-electron chi connectivity index (χ1n) is 6.52. The van der Waals surface area contributed by atoms with Crippen LogP contribution in [0.2, 0.25) is 10.0 Å². The van der Waals surface area contributed by atoms with E-state index in [1.165, 1.54) is 6.07 Å². The summed E-state index contributed by atoms with van der Waals surface area (Å²) in [4.78, 5) is 0.00232. The van der Waals surface area contributed by atoms with E-state index in [9.17, 15) is 13.5 Å². The van der Waals surface area contributed by atoms with Gasteiger partial charge in [-0.15, -0.1) is 0 Å². The van der Waals surface area contributed by atoms with Gasteiger partial charge >= 0.3 is 0 Å². The van der Waals surface area contributed by atoms with E-state index in [0.29, 0.717) is 6.54 Å². The molecule has 1 aliphatic carbocycles. The zero-order valence-corrected chi connectivity index (χ0v) is 13.2. The van der Waals surface area contributed by atoms with Gasteiger partial charge in [0.2, 0.25) is 10.0 Å². The van der Waals surface area contributed by atoms with Crippen molar-refractivity contribution in [1.82, 2.24) is 4.72 Å². The van der Waals surface area contributed by atoms with Crippen molar-refractivity contribution in [2.24, 2.45) is 5.92 Å². The minimum Gasteiger partial charge on any atom is -0.393 e. The van der Waals surface area contributed by atoms with Gasteiger partial charge in [0.15, 0.2) is 0 Å². The Morgan fingerprint density at radius 2 is 1.85 bits per heavy atom. The zero-order chi connectivity index (χ0) is 14.8. The van der Waals surface area contributed by atoms with Gasteiger partial charge < -0.3 is 5.11 Å². The largest absolute Gasteiger partial charge is 0.393 e. The van der Waals surface area contributed by atoms with E-state index >= 15 is 0 Å². The highest BCUT2D eigenvalue weighted by molar-refractivity contribution is 7.89. The predicted molar refractivity (Wildman–Crippen MR) is 79.6 cm³/mol. The Hall–Kier alpha value is -0.330. The molecule has 2 N–H and O–H groups in total. The molecule has 0 bridgehead atoms. The molecule has 0 heterocycles. The molecule has 0 spiro atoms. The number of rotatable bonds is 4. The number of hydrogen-bond acceptors (Lipinski definition) is 3. The van der Waals surface area contributed by atoms with E-state index in [-0.39, 0.29) is 27.0 Å². The van der Waals surface area contributed by atoms with Crippen LogP contribution in [-0.2, 0) is 10.0 Å². The summed E-state index contributed by atoms with van der Waals surface area (Å²) in [7, 11) is -3.66. The Morgan fingerprint density at radius 1 is 1.20 bits per heavy atom. The quantitative estimate of drug-likeness (QED) is 0.887. The second kappa shape index (κ2) is 6.62. The first-order valence-corrected chi connectivity index (χ1v) is 8.76. The fourth-order valence-corrected chi connectivity index (χ4v) is 4.22. The normalized spacial score (nSPS) is 23.8. The lowest BCUT2D eigenvalue weighted by Gasteiger charge is -2.25. The van der Waals surface area contributed by atoms with Crippen LogP contribution in [0.3, 0.4) is 0 Å². The van der Waals surface area contributed by atoms with Crippen LogP contribution in [-0.4, -0.2) is 26.2 Å². The maximum absolute atomic E-state index is 12.2. The molecule has 0 aromatic heterocycles. The Bertz CT molecular complexity index is 569. The highest BCUT2D eigenvalue weighted by atomic mass is 35.5. The van der Waals surface area contributed by atoms with E-state index in [1.54, 1.807) is 12.1 Å². The number of benzene rings is 1. The van der Waals surface area contributed by atoms with Crippen molar-refractivity contribution in [1.29, 1.82) is 0 Å². The summed E-state index contributed by atoms with van der Waals surface area (Å²) in [6.07, 6.45) is 2.86. The van der Waals surface area contributed by atoms with Crippen molar-refractivity contribution in [2.45, 2.75) is 36.7 Å². The van der Waals surface area contributed by atoms with E-state index in [2.05, 4.69) is 4.72 Å². The van der Waals surface area contributed by atoms with Crippen molar-refractivity contribution < 1.29 is 13.5 Å². The molecule has 2 rings (SSSR count). The zero-order valence-electron chi connectivity index (χ0n) is 10.9. The molecule has 0 unspecified atom stereocenters. The summed E-state index contributed by atoms with van der Waals surface area (Å²) in [6, 6.07) is 4.53. The Kier molecular flexibility index (Phi) is 5.31. The molecular formula is C13H17Cl2NO3S. The summed E-state index contributed by atoms with van der Waals surface area (Å²) in [5, 5.41) is 9.69. The van der Waals surface area contributed by atoms with Crippen molar-refractivity contribution in [3.63, 3.8) is 0 Å². The van der Waals surface area contributed by atoms with Crippen LogP contribution in [0.25, 0.3) is 0 Å². The molecule has 0 atom stereocenters. The monoisotopic (exact) mass is 337 g/mol. The summed E-state index contributed by atoms with van der Waals surface area (Å²) in [5.74, 6) is 0.256. The fraction of sp³-hybridized carbons (Fsp3) is 0.538. The molecule has 0 saturated heterocycles. The van der Waals surface area contributed by atoms with Crippen LogP contribution in [0.5, 0.6) is 0 Å². The van der Waals surface area contributed by atoms with Crippen LogP contribution >= 0.6 is 23.2 Å². The van der Waals surface area contributed by atoms with Gasteiger partial charge in [-0.3, -0.25) is 0 Å². The van der Waals surface area contributed by atoms with Crippen LogP contribution in [0.15, 0.2) is 23.1 Å². The number of nitrogens with one attached hydrogen (secondary N) is 1. The molecule has 7 heteroatoms. The van der Waals surface area contributed by atoms with Crippen LogP contribution in [0.4, 0.5) is 0 Å². The number of aliphatic hydroxyl groups is 1. The third-order valence-corrected chi connectivity index (χ3v) is 5.98. The lowest BCUT2D eigenvalue weighted by Crippen LogP contribution is -2.32. The maximum atomic E-state index is 12.2. The second-order valence-corrected chi connectivity index (χ2v) is 7.60. The lowest BCUT2D eigenvalue weighted by molar-refractivity contribution is 0.109. The predicted octanol–water partition coefficient (Wildman–Crippen LogP) is 2.82. The van der Waals surface area contributed by atoms with Crippen molar-refractivity contribution in [2.75, 3.05) is 6.54 Å². The van der Waals surface area contributed by atoms with Gasteiger partial charge in [0.05, 0.1) is 16.1 Å². The van der Waals surface area contributed by atoms with Gasteiger partial charge in [-0.25, -0.2) is 13.1 Å². The van der Waals surface area contributed by atoms with Gasteiger partial charge in [0.25, 0.3) is 0 Å². The molecule has 1 saturated carbocycles. The number of aliphatic hydroxyl groups excluding tert-OH is 1. The molecule has 112 valence electrons. The third-order valence-electron chi connectivity index (χ3n) is 3.58. The molecular weight excluding hydrogens is 321 g/mol. The highest BCUT2D eigenvalue weighted by Crippen LogP contribution is 2.29. The van der Waals surface area contributed by atoms with Crippen LogP contribution < -0.4 is 4.72 Å². The Balaban J connectivity index is 2.03. The van der Waals surface area contributed by atoms with Crippen LogP contribution in [0, 0.1) is 5.92 Å². The first-order chi connectivity index (χ1) is 9.40. The summed E-state index contributed by atoms with van der Waals surface area (Å²) in [5.41, 5.74) is 0. The number of hydrogen-bond donors (Lipinski definition) is 2. The van der Waals surface area contributed by atoms with Crippen LogP contribution in [0.1, 0.15) is 25.7 Å². The van der Waals surface area contributed by atoms with Crippen molar-refractivity contribution >= 4 is 33.2 Å². The van der Waals surface area contributed by atoms with E-state index in [0.717, 1.165) is 25.7 Å². The number of halogens is 2. The molecule has 20 heavy (non-hydrogen) atoms. The third kappa shape index (κ3) is 3.86. The molecule has 0 radical (unpaired) electrons. The summed E-state index contributed by atoms with van der Waals surface area (Å²) in [6.45, 7) is 0.359. The van der Waals surface area contributed by atoms with Gasteiger partial charge in [-0.05, 0) is 43.7 Å². The summed E-state index contributed by atoms with van der Waals surface area (Å²) >= 11 is 11.8. The van der Waals surface area contributed by atoms with Crippen molar-refractivity contribution in [3.8, 4) is 0 Å². The average Bonchev–Trinajstić information content (AvgIpc) is 2.41. The first kappa shape index (κ1) is 16.0. The van der Waals surface area contributed by atoms with Gasteiger partial charge in [0, 0.05) is 6.54 Å². The Labute approximate surface area is 129 Å². The van der Waals surface area contributed by atoms with E-state index in [4.69, 9.17) is 23.2 Å². The molecule has 1 aliphatic rings. The molecule has 0 amide bonds. The molecule has 1 fully saturated rings. The smallest absolute Gasteiger partial charge is 0.242 e. The fourth-order valence-electron chi connectivity index (χ4n) is 2.35. The minimum absolute atomic E-state index is 0.00232. The highest BCUT2D eigenvalue weighted by Gasteiger charge is 2.23. The molecule has 1 aromatic rings. The molecule has 1 aromatic carbocycles. The molecule has 4 nitrogen and oxygen atoms in total. The maximum Gasteiger partial charge on any atom is 0.242 e. The summed E-state index contributed by atoms with van der Waals surface area (Å²) < 4.78 is 27.0. The molecule has 0 aliphatic heterocycles.